The van der Waals surface area contributed by atoms with Gasteiger partial charge in [-0.2, -0.15) is 5.10 Å². The second-order valence-corrected chi connectivity index (χ2v) is 3.49. The first-order chi connectivity index (χ1) is 7.65. The molecule has 2 aromatic rings. The lowest BCUT2D eigenvalue weighted by molar-refractivity contribution is -0.110. The van der Waals surface area contributed by atoms with Gasteiger partial charge < -0.3 is 9.90 Å². The molecule has 0 spiro atoms. The molecule has 0 aliphatic carbocycles. The van der Waals surface area contributed by atoms with Gasteiger partial charge in [0.1, 0.15) is 12.3 Å². The van der Waals surface area contributed by atoms with E-state index < -0.39 is 12.0 Å². The zero-order chi connectivity index (χ0) is 11.7. The molecule has 0 fully saturated rings. The number of carbonyl (C=O) groups is 2. The fourth-order valence-electron chi connectivity index (χ4n) is 1.62. The Labute approximate surface area is 91.3 Å². The standard InChI is InChI=1S/C11H10N2O3/c1-7(6-14)13-9-5-3-2-4-8(9)10(12-13)11(15)16/h2-7H,1H3,(H,15,16). The Hall–Kier alpha value is -2.17. The van der Waals surface area contributed by atoms with E-state index in [1.165, 1.54) is 4.68 Å². The van der Waals surface area contributed by atoms with Crippen LogP contribution in [0.5, 0.6) is 0 Å². The molecule has 0 saturated heterocycles. The Morgan fingerprint density at radius 3 is 2.81 bits per heavy atom. The van der Waals surface area contributed by atoms with Crippen LogP contribution in [0.25, 0.3) is 10.9 Å². The molecule has 0 amide bonds. The summed E-state index contributed by atoms with van der Waals surface area (Å²) < 4.78 is 1.42. The normalized spacial score (nSPS) is 12.6. The van der Waals surface area contributed by atoms with Gasteiger partial charge in [-0.1, -0.05) is 18.2 Å². The van der Waals surface area contributed by atoms with E-state index in [9.17, 15) is 9.59 Å². The van der Waals surface area contributed by atoms with Crippen LogP contribution in [-0.4, -0.2) is 27.1 Å². The summed E-state index contributed by atoms with van der Waals surface area (Å²) in [5.41, 5.74) is 0.629. The SMILES string of the molecule is CC(C=O)n1nc(C(=O)O)c2ccccc21. The molecule has 1 N–H and O–H groups in total. The Kier molecular flexibility index (Phi) is 2.44. The number of fused-ring (bicyclic) bond motifs is 1. The fraction of sp³-hybridized carbons (Fsp3) is 0.182. The van der Waals surface area contributed by atoms with E-state index in [-0.39, 0.29) is 5.69 Å². The van der Waals surface area contributed by atoms with Crippen molar-refractivity contribution in [2.45, 2.75) is 13.0 Å². The summed E-state index contributed by atoms with van der Waals surface area (Å²) in [6.45, 7) is 1.66. The Bertz CT molecular complexity index is 559. The highest BCUT2D eigenvalue weighted by Crippen LogP contribution is 2.20. The number of aldehydes is 1. The molecule has 16 heavy (non-hydrogen) atoms. The minimum atomic E-state index is -1.09. The number of nitrogens with zero attached hydrogens (tertiary/aromatic N) is 2. The molecular weight excluding hydrogens is 208 g/mol. The van der Waals surface area contributed by atoms with Gasteiger partial charge in [0.15, 0.2) is 5.69 Å². The molecular formula is C11H10N2O3. The second kappa shape index (κ2) is 3.77. The largest absolute Gasteiger partial charge is 0.476 e. The first kappa shape index (κ1) is 10.4. The van der Waals surface area contributed by atoms with Gasteiger partial charge in [-0.3, -0.25) is 4.68 Å². The molecule has 1 heterocycles. The van der Waals surface area contributed by atoms with Crippen LogP contribution in [0.3, 0.4) is 0 Å². The zero-order valence-corrected chi connectivity index (χ0v) is 8.62. The van der Waals surface area contributed by atoms with Crippen LogP contribution in [0, 0.1) is 0 Å². The monoisotopic (exact) mass is 218 g/mol. The lowest BCUT2D eigenvalue weighted by atomic mass is 10.2. The van der Waals surface area contributed by atoms with Gasteiger partial charge in [-0.15, -0.1) is 0 Å². The molecule has 1 aromatic heterocycles. The van der Waals surface area contributed by atoms with Crippen molar-refractivity contribution in [1.29, 1.82) is 0 Å². The van der Waals surface area contributed by atoms with E-state index in [0.717, 1.165) is 6.29 Å². The van der Waals surface area contributed by atoms with E-state index in [1.54, 1.807) is 31.2 Å². The molecule has 1 aromatic carbocycles. The number of para-hydroxylation sites is 1. The summed E-state index contributed by atoms with van der Waals surface area (Å²) in [4.78, 5) is 21.7. The Balaban J connectivity index is 2.76. The Morgan fingerprint density at radius 1 is 1.50 bits per heavy atom. The molecule has 0 aliphatic heterocycles. The van der Waals surface area contributed by atoms with Crippen molar-refractivity contribution in [3.63, 3.8) is 0 Å². The number of carboxylic acid groups (broad SMARTS) is 1. The summed E-state index contributed by atoms with van der Waals surface area (Å²) >= 11 is 0. The third-order valence-electron chi connectivity index (χ3n) is 2.40. The summed E-state index contributed by atoms with van der Waals surface area (Å²) in [6.07, 6.45) is 0.727. The van der Waals surface area contributed by atoms with Gasteiger partial charge in [-0.05, 0) is 13.0 Å². The average Bonchev–Trinajstić information content (AvgIpc) is 2.67. The van der Waals surface area contributed by atoms with Gasteiger partial charge in [0.05, 0.1) is 5.52 Å². The van der Waals surface area contributed by atoms with Gasteiger partial charge in [0.2, 0.25) is 0 Å². The van der Waals surface area contributed by atoms with Crippen LogP contribution in [-0.2, 0) is 4.79 Å². The minimum Gasteiger partial charge on any atom is -0.476 e. The van der Waals surface area contributed by atoms with Crippen LogP contribution in [0.4, 0.5) is 0 Å². The van der Waals surface area contributed by atoms with Crippen molar-refractivity contribution >= 4 is 23.2 Å². The number of benzene rings is 1. The van der Waals surface area contributed by atoms with E-state index in [0.29, 0.717) is 10.9 Å². The van der Waals surface area contributed by atoms with E-state index >= 15 is 0 Å². The van der Waals surface area contributed by atoms with Gasteiger partial charge >= 0.3 is 5.97 Å². The summed E-state index contributed by atoms with van der Waals surface area (Å²) in [7, 11) is 0. The van der Waals surface area contributed by atoms with Crippen LogP contribution >= 0.6 is 0 Å². The lowest BCUT2D eigenvalue weighted by Gasteiger charge is -2.04. The number of carbonyl (C=O) groups excluding carboxylic acids is 1. The second-order valence-electron chi connectivity index (χ2n) is 3.49. The predicted octanol–water partition coefficient (Wildman–Crippen LogP) is 1.49. The maximum atomic E-state index is 11.0. The molecule has 0 aliphatic rings. The Morgan fingerprint density at radius 2 is 2.19 bits per heavy atom. The van der Waals surface area contributed by atoms with Crippen molar-refractivity contribution in [2.75, 3.05) is 0 Å². The zero-order valence-electron chi connectivity index (χ0n) is 8.62. The smallest absolute Gasteiger partial charge is 0.357 e. The maximum absolute atomic E-state index is 11.0. The van der Waals surface area contributed by atoms with Crippen LogP contribution in [0.1, 0.15) is 23.5 Å². The summed E-state index contributed by atoms with van der Waals surface area (Å²) in [6, 6.07) is 6.47. The average molecular weight is 218 g/mol. The van der Waals surface area contributed by atoms with Crippen LogP contribution in [0.2, 0.25) is 0 Å². The highest BCUT2D eigenvalue weighted by Gasteiger charge is 2.18. The molecule has 1 atom stereocenters. The van der Waals surface area contributed by atoms with Gasteiger partial charge in [-0.25, -0.2) is 4.79 Å². The molecule has 5 heteroatoms. The van der Waals surface area contributed by atoms with E-state index in [4.69, 9.17) is 5.11 Å². The van der Waals surface area contributed by atoms with Gasteiger partial charge in [0, 0.05) is 5.39 Å². The molecule has 5 nitrogen and oxygen atoms in total. The third-order valence-corrected chi connectivity index (χ3v) is 2.40. The number of aromatic nitrogens is 2. The van der Waals surface area contributed by atoms with Crippen LogP contribution in [0.15, 0.2) is 24.3 Å². The highest BCUT2D eigenvalue weighted by molar-refractivity contribution is 6.01. The number of hydrogen-bond acceptors (Lipinski definition) is 3. The predicted molar refractivity (Wildman–Crippen MR) is 57.5 cm³/mol. The molecule has 1 unspecified atom stereocenters. The summed E-state index contributed by atoms with van der Waals surface area (Å²) in [5, 5.41) is 13.5. The minimum absolute atomic E-state index is 0.0238. The number of rotatable bonds is 3. The number of aromatic carboxylic acids is 1. The van der Waals surface area contributed by atoms with Crippen LogP contribution < -0.4 is 0 Å². The van der Waals surface area contributed by atoms with Crippen molar-refractivity contribution in [3.8, 4) is 0 Å². The highest BCUT2D eigenvalue weighted by atomic mass is 16.4. The van der Waals surface area contributed by atoms with Gasteiger partial charge in [0.25, 0.3) is 0 Å². The van der Waals surface area contributed by atoms with Crippen molar-refractivity contribution in [1.82, 2.24) is 9.78 Å². The quantitative estimate of drug-likeness (QED) is 0.792. The topological polar surface area (TPSA) is 72.2 Å². The lowest BCUT2D eigenvalue weighted by Crippen LogP contribution is -2.09. The molecule has 0 bridgehead atoms. The molecule has 2 rings (SSSR count). The van der Waals surface area contributed by atoms with E-state index in [2.05, 4.69) is 5.10 Å². The number of carboxylic acids is 1. The first-order valence-corrected chi connectivity index (χ1v) is 4.81. The molecule has 82 valence electrons. The first-order valence-electron chi connectivity index (χ1n) is 4.81. The molecule has 0 saturated carbocycles. The van der Waals surface area contributed by atoms with Crippen molar-refractivity contribution in [3.05, 3.63) is 30.0 Å². The van der Waals surface area contributed by atoms with E-state index in [1.807, 2.05) is 0 Å². The fourth-order valence-corrected chi connectivity index (χ4v) is 1.62. The maximum Gasteiger partial charge on any atom is 0.357 e. The van der Waals surface area contributed by atoms with Crippen molar-refractivity contribution < 1.29 is 14.7 Å². The third kappa shape index (κ3) is 1.46. The summed E-state index contributed by atoms with van der Waals surface area (Å²) in [5.74, 6) is -1.09. The molecule has 0 radical (unpaired) electrons. The van der Waals surface area contributed by atoms with Crippen molar-refractivity contribution in [2.24, 2.45) is 0 Å². The number of hydrogen-bond donors (Lipinski definition) is 1.